The molecule has 2 N–H and O–H groups in total. The number of thioether (sulfide) groups is 1. The summed E-state index contributed by atoms with van der Waals surface area (Å²) in [5.41, 5.74) is 3.33. The van der Waals surface area contributed by atoms with Gasteiger partial charge in [-0.15, -0.1) is 11.8 Å². The number of ether oxygens (including phenoxy) is 1. The zero-order chi connectivity index (χ0) is 15.7. The Hall–Kier alpha value is -1.31. The van der Waals surface area contributed by atoms with Crippen LogP contribution in [0.3, 0.4) is 0 Å². The molecule has 0 saturated heterocycles. The summed E-state index contributed by atoms with van der Waals surface area (Å²) in [6.07, 6.45) is 2.85. The Morgan fingerprint density at radius 3 is 2.62 bits per heavy atom. The van der Waals surface area contributed by atoms with Crippen LogP contribution in [0, 0.1) is 0 Å². The highest BCUT2D eigenvalue weighted by molar-refractivity contribution is 7.98. The lowest BCUT2D eigenvalue weighted by atomic mass is 10.2. The van der Waals surface area contributed by atoms with Gasteiger partial charge in [0.05, 0.1) is 0 Å². The molecular weight excluding hydrogens is 306 g/mol. The van der Waals surface area contributed by atoms with Gasteiger partial charge in [-0.1, -0.05) is 0 Å². The van der Waals surface area contributed by atoms with Crippen molar-refractivity contribution in [1.29, 1.82) is 0 Å². The molecule has 0 heterocycles. The third-order valence-corrected chi connectivity index (χ3v) is 3.89. The van der Waals surface area contributed by atoms with Gasteiger partial charge in [0.25, 0.3) is 5.91 Å². The molecule has 7 heteroatoms. The predicted octanol–water partition coefficient (Wildman–Crippen LogP) is 1.90. The van der Waals surface area contributed by atoms with Crippen LogP contribution in [0.25, 0.3) is 0 Å². The molecule has 1 rings (SSSR count). The second-order valence-electron chi connectivity index (χ2n) is 4.31. The largest absolute Gasteiger partial charge is 0.385 e. The van der Waals surface area contributed by atoms with Crippen LogP contribution in [0.5, 0.6) is 0 Å². The summed E-state index contributed by atoms with van der Waals surface area (Å²) in [6.45, 7) is 1.38. The fourth-order valence-electron chi connectivity index (χ4n) is 1.54. The molecule has 0 radical (unpaired) electrons. The first-order valence-electron chi connectivity index (χ1n) is 6.54. The summed E-state index contributed by atoms with van der Waals surface area (Å²) in [7, 11) is 3.37. The van der Waals surface area contributed by atoms with Crippen molar-refractivity contribution >= 4 is 35.0 Å². The first-order chi connectivity index (χ1) is 10.1. The van der Waals surface area contributed by atoms with E-state index in [0.717, 1.165) is 11.3 Å². The Morgan fingerprint density at radius 2 is 2.05 bits per heavy atom. The van der Waals surface area contributed by atoms with Crippen LogP contribution in [0.15, 0.2) is 29.2 Å². The summed E-state index contributed by atoms with van der Waals surface area (Å²) in [4.78, 5) is 13.2. The van der Waals surface area contributed by atoms with E-state index in [1.165, 1.54) is 5.01 Å². The smallest absolute Gasteiger partial charge is 0.269 e. The minimum Gasteiger partial charge on any atom is -0.385 e. The Bertz CT molecular complexity index is 466. The van der Waals surface area contributed by atoms with Gasteiger partial charge in [-0.3, -0.25) is 15.2 Å². The lowest BCUT2D eigenvalue weighted by Gasteiger charge is -2.21. The van der Waals surface area contributed by atoms with Gasteiger partial charge < -0.3 is 10.1 Å². The quantitative estimate of drug-likeness (QED) is 0.360. The van der Waals surface area contributed by atoms with Crippen LogP contribution in [-0.4, -0.2) is 49.6 Å². The van der Waals surface area contributed by atoms with E-state index in [0.29, 0.717) is 23.8 Å². The Labute approximate surface area is 135 Å². The average molecular weight is 327 g/mol. The maximum atomic E-state index is 12.1. The van der Waals surface area contributed by atoms with Crippen LogP contribution < -0.4 is 10.7 Å². The third-order valence-electron chi connectivity index (χ3n) is 2.73. The van der Waals surface area contributed by atoms with Crippen molar-refractivity contribution in [1.82, 2.24) is 15.8 Å². The van der Waals surface area contributed by atoms with E-state index in [2.05, 4.69) is 10.7 Å². The molecule has 0 saturated carbocycles. The molecule has 5 nitrogen and oxygen atoms in total. The van der Waals surface area contributed by atoms with Crippen LogP contribution in [0.4, 0.5) is 0 Å². The van der Waals surface area contributed by atoms with Crippen molar-refractivity contribution in [3.8, 4) is 0 Å². The maximum absolute atomic E-state index is 12.1. The van der Waals surface area contributed by atoms with Crippen molar-refractivity contribution in [2.45, 2.75) is 11.3 Å². The highest BCUT2D eigenvalue weighted by atomic mass is 32.2. The van der Waals surface area contributed by atoms with E-state index >= 15 is 0 Å². The summed E-state index contributed by atoms with van der Waals surface area (Å²) < 4.78 is 4.96. The number of carbonyl (C=O) groups is 1. The number of nitrogens with zero attached hydrogens (tertiary/aromatic N) is 1. The standard InChI is InChI=1S/C14H21N3O2S2/c1-17(14(20)15-9-4-10-19-2)16-13(18)11-5-7-12(21-3)8-6-11/h5-8H,4,9-10H2,1-3H3,(H,15,20)(H,16,18). The number of hydrazine groups is 1. The maximum Gasteiger partial charge on any atom is 0.269 e. The molecule has 1 aromatic carbocycles. The topological polar surface area (TPSA) is 53.6 Å². The molecule has 0 spiro atoms. The number of methoxy groups -OCH3 is 1. The van der Waals surface area contributed by atoms with Crippen LogP contribution >= 0.6 is 24.0 Å². The minimum atomic E-state index is -0.189. The number of rotatable bonds is 6. The Morgan fingerprint density at radius 1 is 1.38 bits per heavy atom. The number of thiocarbonyl (C=S) groups is 1. The van der Waals surface area contributed by atoms with Crippen molar-refractivity contribution in [2.75, 3.05) is 33.6 Å². The van der Waals surface area contributed by atoms with Gasteiger partial charge in [-0.2, -0.15) is 0 Å². The summed E-state index contributed by atoms with van der Waals surface area (Å²) in [5.74, 6) is -0.189. The highest BCUT2D eigenvalue weighted by Crippen LogP contribution is 2.14. The number of nitrogens with one attached hydrogen (secondary N) is 2. The SMILES string of the molecule is COCCCNC(=S)N(C)NC(=O)c1ccc(SC)cc1. The lowest BCUT2D eigenvalue weighted by Crippen LogP contribution is -2.48. The van der Waals surface area contributed by atoms with Crippen LogP contribution in [-0.2, 0) is 4.74 Å². The van der Waals surface area contributed by atoms with E-state index in [1.807, 2.05) is 18.4 Å². The van der Waals surface area contributed by atoms with Gasteiger partial charge in [0.2, 0.25) is 0 Å². The first-order valence-corrected chi connectivity index (χ1v) is 8.17. The predicted molar refractivity (Wildman–Crippen MR) is 90.5 cm³/mol. The molecule has 1 aromatic rings. The molecule has 0 bridgehead atoms. The molecule has 0 aliphatic heterocycles. The van der Waals surface area contributed by atoms with E-state index in [-0.39, 0.29) is 5.91 Å². The molecule has 1 amide bonds. The summed E-state index contributed by atoms with van der Waals surface area (Å²) in [5, 5.41) is 5.03. The number of benzene rings is 1. The summed E-state index contributed by atoms with van der Waals surface area (Å²) >= 11 is 6.83. The van der Waals surface area contributed by atoms with Crippen molar-refractivity contribution in [3.63, 3.8) is 0 Å². The second kappa shape index (κ2) is 9.59. The number of carbonyl (C=O) groups excluding carboxylic acids is 1. The normalized spacial score (nSPS) is 10.0. The fourth-order valence-corrected chi connectivity index (χ4v) is 2.10. The molecule has 0 aromatic heterocycles. The van der Waals surface area contributed by atoms with Gasteiger partial charge >= 0.3 is 0 Å². The van der Waals surface area contributed by atoms with Gasteiger partial charge in [-0.05, 0) is 49.2 Å². The average Bonchev–Trinajstić information content (AvgIpc) is 2.51. The molecule has 0 fully saturated rings. The number of hydrogen-bond acceptors (Lipinski definition) is 4. The number of amides is 1. The first kappa shape index (κ1) is 17.7. The zero-order valence-electron chi connectivity index (χ0n) is 12.5. The lowest BCUT2D eigenvalue weighted by molar-refractivity contribution is 0.0886. The molecule has 116 valence electrons. The monoisotopic (exact) mass is 327 g/mol. The van der Waals surface area contributed by atoms with Crippen LogP contribution in [0.2, 0.25) is 0 Å². The highest BCUT2D eigenvalue weighted by Gasteiger charge is 2.10. The molecule has 21 heavy (non-hydrogen) atoms. The Balaban J connectivity index is 2.43. The van der Waals surface area contributed by atoms with Gasteiger partial charge in [0.15, 0.2) is 5.11 Å². The van der Waals surface area contributed by atoms with E-state index in [1.54, 1.807) is 38.1 Å². The molecule has 0 aliphatic carbocycles. The van der Waals surface area contributed by atoms with Crippen molar-refractivity contribution in [2.24, 2.45) is 0 Å². The van der Waals surface area contributed by atoms with Gasteiger partial charge in [0.1, 0.15) is 0 Å². The van der Waals surface area contributed by atoms with Gasteiger partial charge in [0, 0.05) is 37.8 Å². The van der Waals surface area contributed by atoms with Crippen LogP contribution in [0.1, 0.15) is 16.8 Å². The van der Waals surface area contributed by atoms with Crippen molar-refractivity contribution in [3.05, 3.63) is 29.8 Å². The fraction of sp³-hybridized carbons (Fsp3) is 0.429. The zero-order valence-corrected chi connectivity index (χ0v) is 14.1. The molecule has 0 aliphatic rings. The van der Waals surface area contributed by atoms with E-state index in [9.17, 15) is 4.79 Å². The summed E-state index contributed by atoms with van der Waals surface area (Å²) in [6, 6.07) is 7.43. The third kappa shape index (κ3) is 6.33. The van der Waals surface area contributed by atoms with E-state index < -0.39 is 0 Å². The minimum absolute atomic E-state index is 0.189. The van der Waals surface area contributed by atoms with Gasteiger partial charge in [-0.25, -0.2) is 0 Å². The molecule has 0 atom stereocenters. The molecule has 0 unspecified atom stereocenters. The molecular formula is C14H21N3O2S2. The van der Waals surface area contributed by atoms with E-state index in [4.69, 9.17) is 17.0 Å². The second-order valence-corrected chi connectivity index (χ2v) is 5.57. The Kier molecular flexibility index (Phi) is 8.11. The number of hydrogen-bond donors (Lipinski definition) is 2. The van der Waals surface area contributed by atoms with Crippen molar-refractivity contribution < 1.29 is 9.53 Å².